The van der Waals surface area contributed by atoms with Crippen LogP contribution in [0.1, 0.15) is 30.3 Å². The first-order valence-electron chi connectivity index (χ1n) is 7.51. The van der Waals surface area contributed by atoms with Gasteiger partial charge in [0.1, 0.15) is 6.07 Å². The fourth-order valence-electron chi connectivity index (χ4n) is 4.00. The summed E-state index contributed by atoms with van der Waals surface area (Å²) in [4.78, 5) is 6.91. The van der Waals surface area contributed by atoms with Gasteiger partial charge in [0.15, 0.2) is 0 Å². The number of hydrogen-bond donors (Lipinski definition) is 1. The van der Waals surface area contributed by atoms with Crippen LogP contribution < -0.4 is 10.2 Å². The van der Waals surface area contributed by atoms with Crippen LogP contribution in [-0.4, -0.2) is 30.7 Å². The molecule has 106 valence electrons. The van der Waals surface area contributed by atoms with E-state index in [2.05, 4.69) is 34.3 Å². The molecular weight excluding hydrogens is 248 g/mol. The zero-order chi connectivity index (χ0) is 14.3. The van der Waals surface area contributed by atoms with Gasteiger partial charge in [0, 0.05) is 31.4 Å². The van der Waals surface area contributed by atoms with Gasteiger partial charge in [-0.2, -0.15) is 5.26 Å². The van der Waals surface area contributed by atoms with Crippen LogP contribution >= 0.6 is 0 Å². The SMILES string of the molecule is CCC1C2CNCC2CN1c1cc(C)nc(C)c1C#N. The van der Waals surface area contributed by atoms with E-state index in [-0.39, 0.29) is 0 Å². The Hall–Kier alpha value is -1.60. The van der Waals surface area contributed by atoms with Crippen molar-refractivity contribution in [3.63, 3.8) is 0 Å². The van der Waals surface area contributed by atoms with Crippen LogP contribution in [0, 0.1) is 37.0 Å². The molecule has 3 heterocycles. The number of aryl methyl sites for hydroxylation is 2. The van der Waals surface area contributed by atoms with Crippen LogP contribution in [0.4, 0.5) is 5.69 Å². The number of anilines is 1. The van der Waals surface area contributed by atoms with E-state index in [0.717, 1.165) is 60.5 Å². The third kappa shape index (κ3) is 1.97. The quantitative estimate of drug-likeness (QED) is 0.893. The van der Waals surface area contributed by atoms with E-state index in [1.165, 1.54) is 0 Å². The number of nitriles is 1. The molecule has 3 atom stereocenters. The molecule has 4 nitrogen and oxygen atoms in total. The van der Waals surface area contributed by atoms with Gasteiger partial charge in [0.2, 0.25) is 0 Å². The Morgan fingerprint density at radius 2 is 2.25 bits per heavy atom. The molecule has 0 radical (unpaired) electrons. The summed E-state index contributed by atoms with van der Waals surface area (Å²) in [6.45, 7) is 9.50. The van der Waals surface area contributed by atoms with E-state index in [1.54, 1.807) is 0 Å². The average molecular weight is 270 g/mol. The summed E-state index contributed by atoms with van der Waals surface area (Å²) in [5, 5.41) is 13.0. The van der Waals surface area contributed by atoms with Crippen molar-refractivity contribution in [2.75, 3.05) is 24.5 Å². The molecule has 2 aliphatic heterocycles. The standard InChI is InChI=1S/C16H22N4/c1-4-15-14-8-18-7-12(14)9-20(15)16-5-10(2)19-11(3)13(16)6-17/h5,12,14-15,18H,4,7-9H2,1-3H3. The van der Waals surface area contributed by atoms with Crippen LogP contribution in [0.15, 0.2) is 6.07 Å². The zero-order valence-electron chi connectivity index (χ0n) is 12.5. The number of aromatic nitrogens is 1. The van der Waals surface area contributed by atoms with E-state index in [1.807, 2.05) is 13.8 Å². The first-order valence-corrected chi connectivity index (χ1v) is 7.51. The first kappa shape index (κ1) is 13.4. The molecule has 3 rings (SSSR count). The van der Waals surface area contributed by atoms with Crippen molar-refractivity contribution >= 4 is 5.69 Å². The molecule has 0 amide bonds. The number of rotatable bonds is 2. The summed E-state index contributed by atoms with van der Waals surface area (Å²) in [6, 6.07) is 4.99. The maximum atomic E-state index is 9.48. The second kappa shape index (κ2) is 5.06. The maximum absolute atomic E-state index is 9.48. The van der Waals surface area contributed by atoms with Crippen LogP contribution in [0.2, 0.25) is 0 Å². The number of pyridine rings is 1. The van der Waals surface area contributed by atoms with Gasteiger partial charge in [0.25, 0.3) is 0 Å². The Morgan fingerprint density at radius 3 is 2.95 bits per heavy atom. The second-order valence-corrected chi connectivity index (χ2v) is 6.07. The molecule has 2 aliphatic rings. The number of nitrogens with one attached hydrogen (secondary N) is 1. The van der Waals surface area contributed by atoms with Crippen LogP contribution in [0.5, 0.6) is 0 Å². The molecular formula is C16H22N4. The maximum Gasteiger partial charge on any atom is 0.103 e. The molecule has 1 N–H and O–H groups in total. The van der Waals surface area contributed by atoms with Crippen molar-refractivity contribution in [1.82, 2.24) is 10.3 Å². The Kier molecular flexibility index (Phi) is 3.39. The predicted molar refractivity (Wildman–Crippen MR) is 79.7 cm³/mol. The normalized spacial score (nSPS) is 28.5. The largest absolute Gasteiger partial charge is 0.367 e. The fourth-order valence-corrected chi connectivity index (χ4v) is 4.00. The van der Waals surface area contributed by atoms with E-state index in [4.69, 9.17) is 0 Å². The molecule has 0 spiro atoms. The van der Waals surface area contributed by atoms with E-state index in [9.17, 15) is 5.26 Å². The fraction of sp³-hybridized carbons (Fsp3) is 0.625. The molecule has 0 bridgehead atoms. The summed E-state index contributed by atoms with van der Waals surface area (Å²) >= 11 is 0. The molecule has 3 unspecified atom stereocenters. The van der Waals surface area contributed by atoms with Crippen molar-refractivity contribution in [3.8, 4) is 6.07 Å². The monoisotopic (exact) mass is 270 g/mol. The molecule has 0 aromatic carbocycles. The zero-order valence-corrected chi connectivity index (χ0v) is 12.5. The van der Waals surface area contributed by atoms with Crippen LogP contribution in [-0.2, 0) is 0 Å². The minimum Gasteiger partial charge on any atom is -0.367 e. The third-order valence-electron chi connectivity index (χ3n) is 4.86. The highest BCUT2D eigenvalue weighted by Gasteiger charge is 2.43. The molecule has 20 heavy (non-hydrogen) atoms. The van der Waals surface area contributed by atoms with Crippen molar-refractivity contribution in [3.05, 3.63) is 23.0 Å². The number of nitrogens with zero attached hydrogens (tertiary/aromatic N) is 3. The van der Waals surface area contributed by atoms with Crippen molar-refractivity contribution < 1.29 is 0 Å². The topological polar surface area (TPSA) is 52.0 Å². The van der Waals surface area contributed by atoms with Gasteiger partial charge >= 0.3 is 0 Å². The molecule has 1 aromatic heterocycles. The van der Waals surface area contributed by atoms with Gasteiger partial charge in [0.05, 0.1) is 16.9 Å². The van der Waals surface area contributed by atoms with Gasteiger partial charge in [-0.3, -0.25) is 4.98 Å². The Labute approximate surface area is 120 Å². The minimum atomic E-state index is 0.545. The summed E-state index contributed by atoms with van der Waals surface area (Å²) in [5.74, 6) is 1.44. The summed E-state index contributed by atoms with van der Waals surface area (Å²) in [5.41, 5.74) is 3.70. The van der Waals surface area contributed by atoms with E-state index >= 15 is 0 Å². The minimum absolute atomic E-state index is 0.545. The van der Waals surface area contributed by atoms with Crippen LogP contribution in [0.25, 0.3) is 0 Å². The smallest absolute Gasteiger partial charge is 0.103 e. The highest BCUT2D eigenvalue weighted by atomic mass is 15.2. The molecule has 2 fully saturated rings. The van der Waals surface area contributed by atoms with Crippen molar-refractivity contribution in [1.29, 1.82) is 5.26 Å². The lowest BCUT2D eigenvalue weighted by molar-refractivity contribution is 0.442. The molecule has 2 saturated heterocycles. The summed E-state index contributed by atoms with van der Waals surface area (Å²) in [7, 11) is 0. The number of hydrogen-bond acceptors (Lipinski definition) is 4. The first-order chi connectivity index (χ1) is 9.65. The Morgan fingerprint density at radius 1 is 1.45 bits per heavy atom. The summed E-state index contributed by atoms with van der Waals surface area (Å²) in [6.07, 6.45) is 1.13. The lowest BCUT2D eigenvalue weighted by atomic mass is 9.92. The van der Waals surface area contributed by atoms with Gasteiger partial charge in [-0.25, -0.2) is 0 Å². The highest BCUT2D eigenvalue weighted by Crippen LogP contribution is 2.39. The molecule has 4 heteroatoms. The Balaban J connectivity index is 2.03. The van der Waals surface area contributed by atoms with Crippen molar-refractivity contribution in [2.45, 2.75) is 33.2 Å². The third-order valence-corrected chi connectivity index (χ3v) is 4.86. The van der Waals surface area contributed by atoms with E-state index < -0.39 is 0 Å². The highest BCUT2D eigenvalue weighted by molar-refractivity contribution is 5.63. The molecule has 0 aliphatic carbocycles. The predicted octanol–water partition coefficient (Wildman–Crippen LogP) is 2.00. The van der Waals surface area contributed by atoms with Gasteiger partial charge in [-0.15, -0.1) is 0 Å². The lowest BCUT2D eigenvalue weighted by Gasteiger charge is -2.30. The average Bonchev–Trinajstić information content (AvgIpc) is 2.97. The van der Waals surface area contributed by atoms with Gasteiger partial charge < -0.3 is 10.2 Å². The van der Waals surface area contributed by atoms with Crippen molar-refractivity contribution in [2.24, 2.45) is 11.8 Å². The lowest BCUT2D eigenvalue weighted by Crippen LogP contribution is -2.35. The second-order valence-electron chi connectivity index (χ2n) is 6.07. The summed E-state index contributed by atoms with van der Waals surface area (Å²) < 4.78 is 0. The Bertz CT molecular complexity index is 560. The molecule has 0 saturated carbocycles. The van der Waals surface area contributed by atoms with E-state index in [0.29, 0.717) is 6.04 Å². The number of fused-ring (bicyclic) bond motifs is 1. The van der Waals surface area contributed by atoms with Crippen LogP contribution in [0.3, 0.4) is 0 Å². The molecule has 1 aromatic rings. The van der Waals surface area contributed by atoms with Gasteiger partial charge in [-0.05, 0) is 38.2 Å². The van der Waals surface area contributed by atoms with Gasteiger partial charge in [-0.1, -0.05) is 6.92 Å².